The molecule has 5 heteroatoms. The van der Waals surface area contributed by atoms with E-state index >= 15 is 0 Å². The van der Waals surface area contributed by atoms with Crippen LogP contribution in [0.2, 0.25) is 5.02 Å². The summed E-state index contributed by atoms with van der Waals surface area (Å²) in [6.45, 7) is 1.55. The van der Waals surface area contributed by atoms with Crippen LogP contribution in [0.15, 0.2) is 54.6 Å². The molecule has 0 aliphatic rings. The second kappa shape index (κ2) is 8.61. The number of hydrogen-bond donors (Lipinski definition) is 0. The summed E-state index contributed by atoms with van der Waals surface area (Å²) in [6, 6.07) is 19.4. The van der Waals surface area contributed by atoms with E-state index in [-0.39, 0.29) is 17.0 Å². The molecule has 0 saturated heterocycles. The lowest BCUT2D eigenvalue weighted by Crippen LogP contribution is -2.15. The number of rotatable bonds is 6. The van der Waals surface area contributed by atoms with Gasteiger partial charge in [0.15, 0.2) is 6.10 Å². The molecule has 2 atom stereocenters. The van der Waals surface area contributed by atoms with Crippen LogP contribution in [0, 0.1) is 11.3 Å². The zero-order valence-corrected chi connectivity index (χ0v) is 14.2. The number of esters is 1. The molecule has 118 valence electrons. The summed E-state index contributed by atoms with van der Waals surface area (Å²) < 4.78 is 5.00. The Bertz CT molecular complexity index is 682. The van der Waals surface area contributed by atoms with Crippen molar-refractivity contribution in [1.82, 2.24) is 0 Å². The van der Waals surface area contributed by atoms with E-state index in [1.54, 1.807) is 6.92 Å². The number of thioether (sulfide) groups is 1. The molecule has 0 unspecified atom stereocenters. The first-order valence-electron chi connectivity index (χ1n) is 7.11. The van der Waals surface area contributed by atoms with Crippen LogP contribution in [0.3, 0.4) is 0 Å². The van der Waals surface area contributed by atoms with E-state index in [1.807, 2.05) is 60.7 Å². The summed E-state index contributed by atoms with van der Waals surface area (Å²) in [5.74, 6) is -0.215. The minimum absolute atomic E-state index is 0.00147. The largest absolute Gasteiger partial charge is 0.447 e. The van der Waals surface area contributed by atoms with Gasteiger partial charge in [-0.2, -0.15) is 5.26 Å². The van der Waals surface area contributed by atoms with Crippen LogP contribution in [0.5, 0.6) is 0 Å². The lowest BCUT2D eigenvalue weighted by Gasteiger charge is -2.17. The zero-order valence-electron chi connectivity index (χ0n) is 12.6. The van der Waals surface area contributed by atoms with Crippen molar-refractivity contribution in [2.45, 2.75) is 18.3 Å². The van der Waals surface area contributed by atoms with Gasteiger partial charge in [-0.05, 0) is 30.2 Å². The summed E-state index contributed by atoms with van der Waals surface area (Å²) in [4.78, 5) is 11.8. The number of nitrogens with zero attached hydrogens (tertiary/aromatic N) is 1. The van der Waals surface area contributed by atoms with Crippen molar-refractivity contribution in [3.63, 3.8) is 0 Å². The first-order chi connectivity index (χ1) is 11.1. The predicted octanol–water partition coefficient (Wildman–Crippen LogP) is 4.62. The van der Waals surface area contributed by atoms with Crippen LogP contribution in [-0.2, 0) is 9.53 Å². The summed E-state index contributed by atoms with van der Waals surface area (Å²) in [5.41, 5.74) is 2.16. The number of benzene rings is 2. The maximum atomic E-state index is 11.8. The molecule has 2 aromatic rings. The minimum atomic E-state index is -0.728. The maximum Gasteiger partial charge on any atom is 0.317 e. The number of nitriles is 1. The van der Waals surface area contributed by atoms with Crippen molar-refractivity contribution in [2.75, 3.05) is 5.75 Å². The van der Waals surface area contributed by atoms with Gasteiger partial charge in [-0.1, -0.05) is 54.1 Å². The van der Waals surface area contributed by atoms with E-state index in [4.69, 9.17) is 21.6 Å². The van der Waals surface area contributed by atoms with Crippen molar-refractivity contribution in [2.24, 2.45) is 0 Å². The number of carbonyl (C=O) groups excluding carboxylic acids is 1. The van der Waals surface area contributed by atoms with Gasteiger partial charge in [-0.15, -0.1) is 11.8 Å². The van der Waals surface area contributed by atoms with Gasteiger partial charge in [0.2, 0.25) is 0 Å². The average Bonchev–Trinajstić information content (AvgIpc) is 2.57. The summed E-state index contributed by atoms with van der Waals surface area (Å²) >= 11 is 7.42. The van der Waals surface area contributed by atoms with Crippen LogP contribution >= 0.6 is 23.4 Å². The van der Waals surface area contributed by atoms with Crippen molar-refractivity contribution in [3.8, 4) is 6.07 Å². The quantitative estimate of drug-likeness (QED) is 0.717. The van der Waals surface area contributed by atoms with Crippen molar-refractivity contribution >= 4 is 29.3 Å². The van der Waals surface area contributed by atoms with Gasteiger partial charge in [0.25, 0.3) is 0 Å². The SMILES string of the molecule is C[C@@H](C#N)OC(=O)CS[C@H](c1ccccc1)c1ccc(Cl)cc1. The van der Waals surface area contributed by atoms with Gasteiger partial charge in [0.05, 0.1) is 11.0 Å². The highest BCUT2D eigenvalue weighted by molar-refractivity contribution is 8.00. The molecular weight excluding hydrogens is 330 g/mol. The Balaban J connectivity index is 2.13. The van der Waals surface area contributed by atoms with Gasteiger partial charge < -0.3 is 4.74 Å². The summed E-state index contributed by atoms with van der Waals surface area (Å²) in [5, 5.41) is 9.37. The van der Waals surface area contributed by atoms with Crippen LogP contribution in [0.25, 0.3) is 0 Å². The van der Waals surface area contributed by atoms with Gasteiger partial charge in [0.1, 0.15) is 6.07 Å². The van der Waals surface area contributed by atoms with E-state index < -0.39 is 6.10 Å². The fraction of sp³-hybridized carbons (Fsp3) is 0.222. The van der Waals surface area contributed by atoms with E-state index in [9.17, 15) is 4.79 Å². The lowest BCUT2D eigenvalue weighted by molar-refractivity contribution is -0.142. The van der Waals surface area contributed by atoms with Gasteiger partial charge in [0, 0.05) is 5.02 Å². The Morgan fingerprint density at radius 2 is 1.78 bits per heavy atom. The van der Waals surface area contributed by atoms with Gasteiger partial charge >= 0.3 is 5.97 Å². The summed E-state index contributed by atoms with van der Waals surface area (Å²) in [7, 11) is 0. The van der Waals surface area contributed by atoms with Crippen LogP contribution in [-0.4, -0.2) is 17.8 Å². The number of hydrogen-bond acceptors (Lipinski definition) is 4. The van der Waals surface area contributed by atoms with E-state index in [0.29, 0.717) is 5.02 Å². The minimum Gasteiger partial charge on any atom is -0.447 e. The topological polar surface area (TPSA) is 50.1 Å². The average molecular weight is 346 g/mol. The molecule has 0 aliphatic carbocycles. The van der Waals surface area contributed by atoms with Crippen LogP contribution in [0.4, 0.5) is 0 Å². The fourth-order valence-electron chi connectivity index (χ4n) is 2.06. The molecule has 0 spiro atoms. The van der Waals surface area contributed by atoms with Crippen molar-refractivity contribution in [1.29, 1.82) is 5.26 Å². The fourth-order valence-corrected chi connectivity index (χ4v) is 3.26. The first-order valence-corrected chi connectivity index (χ1v) is 8.54. The Labute approximate surface area is 145 Å². The predicted molar refractivity (Wildman–Crippen MR) is 93.4 cm³/mol. The maximum absolute atomic E-state index is 11.8. The second-order valence-corrected chi connectivity index (χ2v) is 6.44. The standard InChI is InChI=1S/C18H16ClNO2S/c1-13(11-20)22-17(21)12-23-18(14-5-3-2-4-6-14)15-7-9-16(19)10-8-15/h2-10,13,18H,12H2,1H3/t13-,18+/m0/s1. The Morgan fingerprint density at radius 3 is 2.39 bits per heavy atom. The molecule has 0 amide bonds. The molecule has 23 heavy (non-hydrogen) atoms. The molecule has 0 radical (unpaired) electrons. The molecule has 2 aromatic carbocycles. The number of ether oxygens (including phenoxy) is 1. The molecule has 0 aromatic heterocycles. The molecule has 0 N–H and O–H groups in total. The number of halogens is 1. The Kier molecular flexibility index (Phi) is 6.52. The normalized spacial score (nSPS) is 12.9. The Hall–Kier alpha value is -1.96. The second-order valence-electron chi connectivity index (χ2n) is 4.91. The first kappa shape index (κ1) is 17.4. The van der Waals surface area contributed by atoms with Crippen molar-refractivity contribution < 1.29 is 9.53 Å². The highest BCUT2D eigenvalue weighted by Crippen LogP contribution is 2.36. The molecule has 0 bridgehead atoms. The van der Waals surface area contributed by atoms with E-state index in [0.717, 1.165) is 11.1 Å². The third-order valence-electron chi connectivity index (χ3n) is 3.13. The molecule has 0 saturated carbocycles. The van der Waals surface area contributed by atoms with Crippen LogP contribution in [0.1, 0.15) is 23.3 Å². The molecule has 0 heterocycles. The van der Waals surface area contributed by atoms with Gasteiger partial charge in [-0.25, -0.2) is 0 Å². The highest BCUT2D eigenvalue weighted by Gasteiger charge is 2.18. The molecule has 2 rings (SSSR count). The van der Waals surface area contributed by atoms with Crippen molar-refractivity contribution in [3.05, 3.63) is 70.7 Å². The third-order valence-corrected chi connectivity index (χ3v) is 4.66. The molecule has 0 aliphatic heterocycles. The molecular formula is C18H16ClNO2S. The summed E-state index contributed by atoms with van der Waals surface area (Å²) in [6.07, 6.45) is -0.728. The monoisotopic (exact) mass is 345 g/mol. The van der Waals surface area contributed by atoms with E-state index in [1.165, 1.54) is 11.8 Å². The zero-order chi connectivity index (χ0) is 16.7. The van der Waals surface area contributed by atoms with Crippen LogP contribution < -0.4 is 0 Å². The number of carbonyl (C=O) groups is 1. The van der Waals surface area contributed by atoms with E-state index in [2.05, 4.69) is 0 Å². The molecule has 3 nitrogen and oxygen atoms in total. The molecule has 0 fully saturated rings. The Morgan fingerprint density at radius 1 is 1.17 bits per heavy atom. The van der Waals surface area contributed by atoms with Gasteiger partial charge in [-0.3, -0.25) is 4.79 Å². The lowest BCUT2D eigenvalue weighted by atomic mass is 10.0. The smallest absolute Gasteiger partial charge is 0.317 e. The third kappa shape index (κ3) is 5.31. The highest BCUT2D eigenvalue weighted by atomic mass is 35.5.